The van der Waals surface area contributed by atoms with E-state index < -0.39 is 0 Å². The minimum Gasteiger partial charge on any atom is -0.494 e. The van der Waals surface area contributed by atoms with Gasteiger partial charge in [0.1, 0.15) is 11.4 Å². The Kier molecular flexibility index (Phi) is 4.57. The minimum atomic E-state index is 0.0808. The zero-order valence-corrected chi connectivity index (χ0v) is 15.8. The topological polar surface area (TPSA) is 47.4 Å². The summed E-state index contributed by atoms with van der Waals surface area (Å²) in [5.74, 6) is 2.37. The SMILES string of the molecule is COc1cccnc1-c1cc2n(c(=O)c1)C[C@H]1C[C@@H]2CN(CC(C)C)C1. The van der Waals surface area contributed by atoms with Crippen LogP contribution in [0.2, 0.25) is 0 Å². The molecule has 0 aliphatic carbocycles. The van der Waals surface area contributed by atoms with Crippen molar-refractivity contribution in [3.05, 3.63) is 46.5 Å². The van der Waals surface area contributed by atoms with E-state index in [0.717, 1.165) is 43.1 Å². The Morgan fingerprint density at radius 3 is 2.88 bits per heavy atom. The van der Waals surface area contributed by atoms with Gasteiger partial charge in [-0.3, -0.25) is 9.78 Å². The number of fused-ring (bicyclic) bond motifs is 4. The zero-order chi connectivity index (χ0) is 18.3. The smallest absolute Gasteiger partial charge is 0.251 e. The number of hydrogen-bond acceptors (Lipinski definition) is 4. The molecule has 2 bridgehead atoms. The van der Waals surface area contributed by atoms with Gasteiger partial charge in [-0.2, -0.15) is 0 Å². The van der Waals surface area contributed by atoms with Crippen molar-refractivity contribution < 1.29 is 4.74 Å². The van der Waals surface area contributed by atoms with Crippen molar-refractivity contribution in [2.24, 2.45) is 11.8 Å². The Labute approximate surface area is 154 Å². The maximum absolute atomic E-state index is 12.8. The first-order valence-electron chi connectivity index (χ1n) is 9.51. The van der Waals surface area contributed by atoms with E-state index in [9.17, 15) is 4.79 Å². The van der Waals surface area contributed by atoms with Gasteiger partial charge in [0.15, 0.2) is 0 Å². The van der Waals surface area contributed by atoms with Crippen molar-refractivity contribution in [2.45, 2.75) is 32.7 Å². The molecule has 2 aliphatic heterocycles. The average Bonchev–Trinajstić information content (AvgIpc) is 2.62. The number of hydrogen-bond donors (Lipinski definition) is 0. The summed E-state index contributed by atoms with van der Waals surface area (Å²) < 4.78 is 7.44. The van der Waals surface area contributed by atoms with Crippen molar-refractivity contribution in [1.82, 2.24) is 14.5 Å². The second-order valence-electron chi connectivity index (χ2n) is 8.08. The van der Waals surface area contributed by atoms with Crippen LogP contribution in [0.25, 0.3) is 11.3 Å². The van der Waals surface area contributed by atoms with Crippen LogP contribution in [0.5, 0.6) is 5.75 Å². The van der Waals surface area contributed by atoms with Gasteiger partial charge in [-0.1, -0.05) is 13.8 Å². The van der Waals surface area contributed by atoms with Crippen LogP contribution in [-0.4, -0.2) is 41.2 Å². The van der Waals surface area contributed by atoms with Crippen molar-refractivity contribution in [1.29, 1.82) is 0 Å². The van der Waals surface area contributed by atoms with Crippen molar-refractivity contribution >= 4 is 0 Å². The quantitative estimate of drug-likeness (QED) is 0.848. The van der Waals surface area contributed by atoms with Gasteiger partial charge in [0.2, 0.25) is 0 Å². The van der Waals surface area contributed by atoms with Gasteiger partial charge in [0.25, 0.3) is 5.56 Å². The Bertz CT molecular complexity index is 859. The molecule has 138 valence electrons. The maximum Gasteiger partial charge on any atom is 0.251 e. The lowest BCUT2D eigenvalue weighted by molar-refractivity contribution is 0.109. The van der Waals surface area contributed by atoms with Crippen LogP contribution in [-0.2, 0) is 6.54 Å². The highest BCUT2D eigenvalue weighted by atomic mass is 16.5. The highest BCUT2D eigenvalue weighted by Crippen LogP contribution is 2.37. The van der Waals surface area contributed by atoms with Gasteiger partial charge in [-0.25, -0.2) is 0 Å². The lowest BCUT2D eigenvalue weighted by Gasteiger charge is -2.43. The third kappa shape index (κ3) is 3.16. The Morgan fingerprint density at radius 1 is 1.27 bits per heavy atom. The Morgan fingerprint density at radius 2 is 2.12 bits per heavy atom. The fraction of sp³-hybridized carbons (Fsp3) is 0.524. The van der Waals surface area contributed by atoms with Crippen molar-refractivity contribution in [2.75, 3.05) is 26.7 Å². The van der Waals surface area contributed by atoms with Gasteiger partial charge in [0.05, 0.1) is 7.11 Å². The first-order valence-corrected chi connectivity index (χ1v) is 9.51. The third-order valence-corrected chi connectivity index (χ3v) is 5.52. The van der Waals surface area contributed by atoms with Crippen LogP contribution in [0.15, 0.2) is 35.3 Å². The maximum atomic E-state index is 12.8. The fourth-order valence-corrected chi connectivity index (χ4v) is 4.63. The Hall–Kier alpha value is -2.14. The first kappa shape index (κ1) is 17.3. The average molecular weight is 353 g/mol. The van der Waals surface area contributed by atoms with Crippen molar-refractivity contribution in [3.63, 3.8) is 0 Å². The fourth-order valence-electron chi connectivity index (χ4n) is 4.63. The van der Waals surface area contributed by atoms with Crippen LogP contribution in [0.3, 0.4) is 0 Å². The molecule has 0 aromatic carbocycles. The highest BCUT2D eigenvalue weighted by molar-refractivity contribution is 5.66. The molecule has 2 atom stereocenters. The summed E-state index contributed by atoms with van der Waals surface area (Å²) >= 11 is 0. The van der Waals surface area contributed by atoms with Crippen LogP contribution in [0.4, 0.5) is 0 Å². The number of rotatable bonds is 4. The molecule has 2 aliphatic rings. The van der Waals surface area contributed by atoms with Crippen LogP contribution in [0.1, 0.15) is 31.9 Å². The van der Waals surface area contributed by atoms with Gasteiger partial charge in [-0.05, 0) is 36.5 Å². The number of pyridine rings is 2. The lowest BCUT2D eigenvalue weighted by Crippen LogP contribution is -2.48. The molecule has 0 spiro atoms. The monoisotopic (exact) mass is 353 g/mol. The van der Waals surface area contributed by atoms with E-state index >= 15 is 0 Å². The summed E-state index contributed by atoms with van der Waals surface area (Å²) in [7, 11) is 1.64. The third-order valence-electron chi connectivity index (χ3n) is 5.52. The molecule has 0 radical (unpaired) electrons. The van der Waals surface area contributed by atoms with Crippen LogP contribution < -0.4 is 10.3 Å². The zero-order valence-electron chi connectivity index (χ0n) is 15.8. The molecule has 26 heavy (non-hydrogen) atoms. The van der Waals surface area contributed by atoms with Gasteiger partial charge < -0.3 is 14.2 Å². The summed E-state index contributed by atoms with van der Waals surface area (Å²) in [6.07, 6.45) is 2.92. The molecule has 0 unspecified atom stereocenters. The van der Waals surface area contributed by atoms with E-state index in [1.54, 1.807) is 19.4 Å². The van der Waals surface area contributed by atoms with Crippen molar-refractivity contribution in [3.8, 4) is 17.0 Å². The number of nitrogens with zero attached hydrogens (tertiary/aromatic N) is 3. The molecule has 4 rings (SSSR count). The van der Waals surface area contributed by atoms with E-state index in [0.29, 0.717) is 23.5 Å². The summed E-state index contributed by atoms with van der Waals surface area (Å²) in [4.78, 5) is 19.9. The standard InChI is InChI=1S/C21H27N3O2/c1-14(2)10-23-11-15-7-17(13-23)18-8-16(9-20(25)24(18)12-15)21-19(26-3)5-4-6-22-21/h4-6,8-9,14-15,17H,7,10-13H2,1-3H3/t15-,17+/m0/s1. The number of methoxy groups -OCH3 is 1. The van der Waals surface area contributed by atoms with E-state index in [1.165, 1.54) is 6.42 Å². The Balaban J connectivity index is 1.74. The van der Waals surface area contributed by atoms with E-state index in [4.69, 9.17) is 4.74 Å². The van der Waals surface area contributed by atoms with Gasteiger partial charge >= 0.3 is 0 Å². The predicted octanol–water partition coefficient (Wildman–Crippen LogP) is 2.99. The molecule has 0 saturated carbocycles. The normalized spacial score (nSPS) is 22.3. The second-order valence-corrected chi connectivity index (χ2v) is 8.08. The largest absolute Gasteiger partial charge is 0.494 e. The molecule has 2 aromatic rings. The number of likely N-dealkylation sites (tertiary alicyclic amines) is 1. The molecule has 5 nitrogen and oxygen atoms in total. The molecule has 1 fully saturated rings. The molecule has 0 N–H and O–H groups in total. The molecule has 1 saturated heterocycles. The van der Waals surface area contributed by atoms with Gasteiger partial charge in [0, 0.05) is 55.6 Å². The number of piperidine rings is 1. The molecule has 4 heterocycles. The van der Waals surface area contributed by atoms with E-state index in [1.807, 2.05) is 16.7 Å². The van der Waals surface area contributed by atoms with Crippen LogP contribution in [0, 0.1) is 11.8 Å². The summed E-state index contributed by atoms with van der Waals surface area (Å²) in [6, 6.07) is 7.61. The molecular weight excluding hydrogens is 326 g/mol. The molecule has 2 aromatic heterocycles. The molecule has 5 heteroatoms. The van der Waals surface area contributed by atoms with E-state index in [2.05, 4.69) is 29.8 Å². The number of ether oxygens (including phenoxy) is 1. The molecule has 0 amide bonds. The predicted molar refractivity (Wildman–Crippen MR) is 103 cm³/mol. The van der Waals surface area contributed by atoms with Crippen LogP contribution >= 0.6 is 0 Å². The lowest BCUT2D eigenvalue weighted by atomic mass is 9.82. The molecular formula is C21H27N3O2. The van der Waals surface area contributed by atoms with E-state index in [-0.39, 0.29) is 5.56 Å². The highest BCUT2D eigenvalue weighted by Gasteiger charge is 2.35. The number of aromatic nitrogens is 2. The summed E-state index contributed by atoms with van der Waals surface area (Å²) in [5.41, 5.74) is 2.84. The summed E-state index contributed by atoms with van der Waals surface area (Å²) in [5, 5.41) is 0. The summed E-state index contributed by atoms with van der Waals surface area (Å²) in [6.45, 7) is 8.65. The minimum absolute atomic E-state index is 0.0808. The first-order chi connectivity index (χ1) is 12.5. The second kappa shape index (κ2) is 6.88. The van der Waals surface area contributed by atoms with Gasteiger partial charge in [-0.15, -0.1) is 0 Å².